The normalized spacial score (nSPS) is 10.8. The van der Waals surface area contributed by atoms with Crippen molar-refractivity contribution >= 4 is 33.7 Å². The van der Waals surface area contributed by atoms with Crippen LogP contribution < -0.4 is 0 Å². The van der Waals surface area contributed by atoms with Crippen LogP contribution in [0.3, 0.4) is 0 Å². The SMILES string of the molecule is COC(=O)c1ccc(CSc2nnc(-c3ccccc3Br)n2Cc2ccccc2)cc1. The number of benzene rings is 3. The fourth-order valence-electron chi connectivity index (χ4n) is 3.15. The van der Waals surface area contributed by atoms with Crippen LogP contribution in [-0.2, 0) is 17.0 Å². The Balaban J connectivity index is 1.61. The molecule has 156 valence electrons. The Kier molecular flexibility index (Phi) is 6.84. The van der Waals surface area contributed by atoms with Gasteiger partial charge in [-0.05, 0) is 29.3 Å². The smallest absolute Gasteiger partial charge is 0.337 e. The molecule has 0 N–H and O–H groups in total. The minimum absolute atomic E-state index is 0.333. The average molecular weight is 494 g/mol. The van der Waals surface area contributed by atoms with Gasteiger partial charge in [-0.2, -0.15) is 0 Å². The highest BCUT2D eigenvalue weighted by atomic mass is 79.9. The number of carbonyl (C=O) groups excluding carboxylic acids is 1. The quantitative estimate of drug-likeness (QED) is 0.239. The van der Waals surface area contributed by atoms with Gasteiger partial charge in [0.25, 0.3) is 0 Å². The first-order chi connectivity index (χ1) is 15.2. The molecule has 0 amide bonds. The number of hydrogen-bond acceptors (Lipinski definition) is 5. The number of hydrogen-bond donors (Lipinski definition) is 0. The van der Waals surface area contributed by atoms with Crippen LogP contribution in [0, 0.1) is 0 Å². The molecule has 0 radical (unpaired) electrons. The van der Waals surface area contributed by atoms with Crippen LogP contribution in [0.15, 0.2) is 88.5 Å². The molecule has 4 rings (SSSR count). The topological polar surface area (TPSA) is 57.0 Å². The van der Waals surface area contributed by atoms with Crippen LogP contribution in [0.25, 0.3) is 11.4 Å². The van der Waals surface area contributed by atoms with Crippen molar-refractivity contribution in [1.29, 1.82) is 0 Å². The number of esters is 1. The second-order valence-corrected chi connectivity index (χ2v) is 8.63. The van der Waals surface area contributed by atoms with Crippen LogP contribution in [-0.4, -0.2) is 27.8 Å². The van der Waals surface area contributed by atoms with Crippen LogP contribution >= 0.6 is 27.7 Å². The van der Waals surface area contributed by atoms with Crippen LogP contribution in [0.1, 0.15) is 21.5 Å². The van der Waals surface area contributed by atoms with Gasteiger partial charge in [0, 0.05) is 15.8 Å². The summed E-state index contributed by atoms with van der Waals surface area (Å²) in [6.07, 6.45) is 0. The molecule has 0 aliphatic heterocycles. The van der Waals surface area contributed by atoms with Crippen LogP contribution in [0.2, 0.25) is 0 Å². The van der Waals surface area contributed by atoms with Gasteiger partial charge in [-0.15, -0.1) is 10.2 Å². The Morgan fingerprint density at radius 3 is 2.35 bits per heavy atom. The van der Waals surface area contributed by atoms with Gasteiger partial charge in [-0.1, -0.05) is 88.4 Å². The largest absolute Gasteiger partial charge is 0.465 e. The third-order valence-electron chi connectivity index (χ3n) is 4.76. The number of methoxy groups -OCH3 is 1. The highest BCUT2D eigenvalue weighted by molar-refractivity contribution is 9.10. The second-order valence-electron chi connectivity index (χ2n) is 6.83. The molecule has 0 atom stereocenters. The van der Waals surface area contributed by atoms with Gasteiger partial charge in [0.2, 0.25) is 0 Å². The Morgan fingerprint density at radius 1 is 0.935 bits per heavy atom. The zero-order chi connectivity index (χ0) is 21.6. The van der Waals surface area contributed by atoms with Crippen LogP contribution in [0.5, 0.6) is 0 Å². The zero-order valence-corrected chi connectivity index (χ0v) is 19.3. The lowest BCUT2D eigenvalue weighted by molar-refractivity contribution is 0.0600. The molecular formula is C24H20BrN3O2S. The third kappa shape index (κ3) is 5.06. The molecule has 0 fully saturated rings. The van der Waals surface area contributed by atoms with Gasteiger partial charge >= 0.3 is 5.97 Å². The summed E-state index contributed by atoms with van der Waals surface area (Å²) in [6, 6.07) is 25.7. The lowest BCUT2D eigenvalue weighted by Crippen LogP contribution is -2.04. The van der Waals surface area contributed by atoms with E-state index < -0.39 is 0 Å². The maximum absolute atomic E-state index is 11.6. The van der Waals surface area contributed by atoms with Crippen molar-refractivity contribution in [2.75, 3.05) is 7.11 Å². The van der Waals surface area contributed by atoms with E-state index >= 15 is 0 Å². The van der Waals surface area contributed by atoms with Crippen molar-refractivity contribution in [2.24, 2.45) is 0 Å². The Morgan fingerprint density at radius 2 is 1.65 bits per heavy atom. The highest BCUT2D eigenvalue weighted by Crippen LogP contribution is 2.31. The third-order valence-corrected chi connectivity index (χ3v) is 6.49. The first-order valence-corrected chi connectivity index (χ1v) is 11.5. The number of nitrogens with zero attached hydrogens (tertiary/aromatic N) is 3. The first kappa shape index (κ1) is 21.3. The molecule has 3 aromatic carbocycles. The number of rotatable bonds is 7. The van der Waals surface area contributed by atoms with E-state index in [0.29, 0.717) is 17.9 Å². The number of ether oxygens (including phenoxy) is 1. The average Bonchev–Trinajstić information content (AvgIpc) is 3.20. The molecule has 0 bridgehead atoms. The van der Waals surface area contributed by atoms with Gasteiger partial charge in [0.15, 0.2) is 11.0 Å². The number of thioether (sulfide) groups is 1. The summed E-state index contributed by atoms with van der Waals surface area (Å²) < 4.78 is 7.88. The summed E-state index contributed by atoms with van der Waals surface area (Å²) in [5, 5.41) is 9.83. The van der Waals surface area contributed by atoms with Gasteiger partial charge in [-0.25, -0.2) is 4.79 Å². The van der Waals surface area contributed by atoms with E-state index in [4.69, 9.17) is 4.74 Å². The predicted molar refractivity (Wildman–Crippen MR) is 126 cm³/mol. The van der Waals surface area contributed by atoms with Crippen LogP contribution in [0.4, 0.5) is 0 Å². The van der Waals surface area contributed by atoms with E-state index in [1.54, 1.807) is 23.9 Å². The lowest BCUT2D eigenvalue weighted by Gasteiger charge is -2.11. The molecule has 0 spiro atoms. The molecular weight excluding hydrogens is 474 g/mol. The summed E-state index contributed by atoms with van der Waals surface area (Å²) in [6.45, 7) is 0.675. The molecule has 0 aliphatic rings. The Bertz CT molecular complexity index is 1180. The summed E-state index contributed by atoms with van der Waals surface area (Å²) in [5.41, 5.74) is 3.81. The van der Waals surface area contributed by atoms with Gasteiger partial charge in [0.1, 0.15) is 0 Å². The van der Waals surface area contributed by atoms with Crippen molar-refractivity contribution in [3.8, 4) is 11.4 Å². The Hall–Kier alpha value is -2.90. The zero-order valence-electron chi connectivity index (χ0n) is 16.9. The molecule has 0 saturated heterocycles. The van der Waals surface area contributed by atoms with Crippen molar-refractivity contribution < 1.29 is 9.53 Å². The fraction of sp³-hybridized carbons (Fsp3) is 0.125. The van der Waals surface area contributed by atoms with Crippen molar-refractivity contribution in [1.82, 2.24) is 14.8 Å². The first-order valence-electron chi connectivity index (χ1n) is 9.68. The number of carbonyl (C=O) groups is 1. The van der Waals surface area contributed by atoms with E-state index in [-0.39, 0.29) is 5.97 Å². The van der Waals surface area contributed by atoms with Gasteiger partial charge in [-0.3, -0.25) is 4.57 Å². The van der Waals surface area contributed by atoms with Crippen molar-refractivity contribution in [3.63, 3.8) is 0 Å². The van der Waals surface area contributed by atoms with E-state index in [2.05, 4.69) is 42.8 Å². The maximum atomic E-state index is 11.6. The van der Waals surface area contributed by atoms with E-state index in [9.17, 15) is 4.79 Å². The molecule has 0 saturated carbocycles. The lowest BCUT2D eigenvalue weighted by atomic mass is 10.1. The van der Waals surface area contributed by atoms with Crippen molar-refractivity contribution in [2.45, 2.75) is 17.5 Å². The molecule has 1 heterocycles. The summed E-state index contributed by atoms with van der Waals surface area (Å²) >= 11 is 5.25. The Labute approximate surface area is 193 Å². The summed E-state index contributed by atoms with van der Waals surface area (Å²) in [5.74, 6) is 1.20. The molecule has 31 heavy (non-hydrogen) atoms. The number of halogens is 1. The molecule has 1 aromatic heterocycles. The summed E-state index contributed by atoms with van der Waals surface area (Å²) in [7, 11) is 1.38. The molecule has 7 heteroatoms. The highest BCUT2D eigenvalue weighted by Gasteiger charge is 2.17. The molecule has 0 aliphatic carbocycles. The minimum atomic E-state index is -0.333. The molecule has 4 aromatic rings. The maximum Gasteiger partial charge on any atom is 0.337 e. The van der Waals surface area contributed by atoms with E-state index in [0.717, 1.165) is 26.6 Å². The summed E-state index contributed by atoms with van der Waals surface area (Å²) in [4.78, 5) is 11.6. The molecule has 5 nitrogen and oxygen atoms in total. The second kappa shape index (κ2) is 9.94. The van der Waals surface area contributed by atoms with E-state index in [1.165, 1.54) is 12.7 Å². The fourth-order valence-corrected chi connectivity index (χ4v) is 4.50. The predicted octanol–water partition coefficient (Wildman–Crippen LogP) is 5.83. The molecule has 0 unspecified atom stereocenters. The van der Waals surface area contributed by atoms with Gasteiger partial charge in [0.05, 0.1) is 19.2 Å². The monoisotopic (exact) mass is 493 g/mol. The minimum Gasteiger partial charge on any atom is -0.465 e. The number of aromatic nitrogens is 3. The van der Waals surface area contributed by atoms with Crippen molar-refractivity contribution in [3.05, 3.63) is 100 Å². The standard InChI is InChI=1S/C24H20BrN3O2S/c1-30-23(29)19-13-11-18(12-14-19)16-31-24-27-26-22(20-9-5-6-10-21(20)25)28(24)15-17-7-3-2-4-8-17/h2-14H,15-16H2,1H3. The van der Waals surface area contributed by atoms with E-state index in [1.807, 2.05) is 54.6 Å². The van der Waals surface area contributed by atoms with Gasteiger partial charge < -0.3 is 4.74 Å².